The Morgan fingerprint density at radius 1 is 0.968 bits per heavy atom. The van der Waals surface area contributed by atoms with Gasteiger partial charge in [0.2, 0.25) is 5.91 Å². The predicted molar refractivity (Wildman–Crippen MR) is 117 cm³/mol. The highest BCUT2D eigenvalue weighted by molar-refractivity contribution is 5.92. The Kier molecular flexibility index (Phi) is 7.59. The molecule has 0 aliphatic rings. The zero-order valence-corrected chi connectivity index (χ0v) is 17.2. The normalized spacial score (nSPS) is 10.3. The Labute approximate surface area is 180 Å². The fourth-order valence-corrected chi connectivity index (χ4v) is 2.88. The molecule has 0 spiro atoms. The number of rotatable bonds is 8. The molecule has 160 valence electrons. The van der Waals surface area contributed by atoms with Crippen molar-refractivity contribution < 1.29 is 18.7 Å². The maximum absolute atomic E-state index is 13.4. The van der Waals surface area contributed by atoms with Crippen molar-refractivity contribution >= 4 is 17.6 Å². The molecule has 0 aliphatic carbocycles. The van der Waals surface area contributed by atoms with Gasteiger partial charge in [-0.25, -0.2) is 9.18 Å². The summed E-state index contributed by atoms with van der Waals surface area (Å²) < 4.78 is 19.1. The number of ether oxygens (including phenoxy) is 1. The first-order chi connectivity index (χ1) is 15.0. The van der Waals surface area contributed by atoms with Gasteiger partial charge in [0.15, 0.2) is 5.75 Å². The van der Waals surface area contributed by atoms with E-state index in [0.717, 1.165) is 5.56 Å². The molecule has 0 aromatic heterocycles. The van der Waals surface area contributed by atoms with E-state index in [4.69, 9.17) is 4.74 Å². The maximum Gasteiger partial charge on any atom is 0.317 e. The summed E-state index contributed by atoms with van der Waals surface area (Å²) in [6.45, 7) is 0.667. The molecule has 0 bridgehead atoms. The zero-order valence-electron chi connectivity index (χ0n) is 17.2. The molecule has 0 heterocycles. The van der Waals surface area contributed by atoms with Crippen molar-refractivity contribution in [3.8, 4) is 11.5 Å². The molecule has 6 nitrogen and oxygen atoms in total. The predicted octanol–water partition coefficient (Wildman–Crippen LogP) is 4.79. The van der Waals surface area contributed by atoms with E-state index in [2.05, 4.69) is 10.6 Å². The number of carbonyl (C=O) groups is 2. The van der Waals surface area contributed by atoms with E-state index in [9.17, 15) is 14.0 Å². The van der Waals surface area contributed by atoms with Crippen LogP contribution in [0.5, 0.6) is 11.5 Å². The van der Waals surface area contributed by atoms with E-state index in [-0.39, 0.29) is 24.9 Å². The molecule has 0 saturated heterocycles. The molecule has 3 rings (SSSR count). The number of amides is 3. The molecule has 0 aliphatic heterocycles. The lowest BCUT2D eigenvalue weighted by atomic mass is 10.2. The molecule has 31 heavy (non-hydrogen) atoms. The van der Waals surface area contributed by atoms with Crippen molar-refractivity contribution in [3.05, 3.63) is 90.2 Å². The van der Waals surface area contributed by atoms with Crippen molar-refractivity contribution in [2.45, 2.75) is 13.0 Å². The number of para-hydroxylation sites is 2. The number of hydrogen-bond donors (Lipinski definition) is 2. The van der Waals surface area contributed by atoms with Gasteiger partial charge in [0.25, 0.3) is 0 Å². The number of hydrogen-bond acceptors (Lipinski definition) is 3. The minimum absolute atomic E-state index is 0.0964. The van der Waals surface area contributed by atoms with Crippen molar-refractivity contribution in [2.24, 2.45) is 0 Å². The molecule has 0 unspecified atom stereocenters. The average Bonchev–Trinajstić information content (AvgIpc) is 2.76. The first kappa shape index (κ1) is 21.8. The summed E-state index contributed by atoms with van der Waals surface area (Å²) in [7, 11) is 1.70. The van der Waals surface area contributed by atoms with Gasteiger partial charge in [-0.3, -0.25) is 4.79 Å². The number of anilines is 1. The highest BCUT2D eigenvalue weighted by atomic mass is 19.1. The monoisotopic (exact) mass is 421 g/mol. The molecule has 3 amide bonds. The van der Waals surface area contributed by atoms with Gasteiger partial charge in [-0.15, -0.1) is 0 Å². The van der Waals surface area contributed by atoms with Crippen LogP contribution in [0.1, 0.15) is 12.0 Å². The lowest BCUT2D eigenvalue weighted by Crippen LogP contribution is -2.38. The van der Waals surface area contributed by atoms with Gasteiger partial charge in [-0.05, 0) is 29.8 Å². The molecule has 7 heteroatoms. The van der Waals surface area contributed by atoms with Crippen LogP contribution in [0.4, 0.5) is 14.9 Å². The quantitative estimate of drug-likeness (QED) is 0.550. The van der Waals surface area contributed by atoms with Crippen LogP contribution >= 0.6 is 0 Å². The SMILES string of the molecule is CN(Cc1ccccc1)C(=O)NCCC(=O)Nc1ccccc1Oc1cccc(F)c1. The molecule has 0 radical (unpaired) electrons. The summed E-state index contributed by atoms with van der Waals surface area (Å²) in [6, 6.07) is 22.0. The maximum atomic E-state index is 13.4. The second kappa shape index (κ2) is 10.8. The number of urea groups is 1. The summed E-state index contributed by atoms with van der Waals surface area (Å²) in [4.78, 5) is 26.1. The number of carbonyl (C=O) groups excluding carboxylic acids is 2. The third kappa shape index (κ3) is 6.85. The Balaban J connectivity index is 1.48. The number of nitrogens with zero attached hydrogens (tertiary/aromatic N) is 1. The van der Waals surface area contributed by atoms with Crippen LogP contribution in [0.25, 0.3) is 0 Å². The van der Waals surface area contributed by atoms with E-state index in [1.165, 1.54) is 12.1 Å². The Bertz CT molecular complexity index is 1030. The second-order valence-electron chi connectivity index (χ2n) is 6.93. The first-order valence-electron chi connectivity index (χ1n) is 9.86. The largest absolute Gasteiger partial charge is 0.455 e. The number of halogens is 1. The van der Waals surface area contributed by atoms with E-state index in [0.29, 0.717) is 23.7 Å². The Hall–Kier alpha value is -3.87. The number of nitrogens with one attached hydrogen (secondary N) is 2. The number of benzene rings is 3. The van der Waals surface area contributed by atoms with E-state index < -0.39 is 5.82 Å². The lowest BCUT2D eigenvalue weighted by Gasteiger charge is -2.18. The molecule has 3 aromatic carbocycles. The van der Waals surface area contributed by atoms with Crippen molar-refractivity contribution in [1.82, 2.24) is 10.2 Å². The standard InChI is InChI=1S/C24H24FN3O3/c1-28(17-18-8-3-2-4-9-18)24(30)26-15-14-23(29)27-21-12-5-6-13-22(21)31-20-11-7-10-19(25)16-20/h2-13,16H,14-15,17H2,1H3,(H,26,30)(H,27,29). The molecular formula is C24H24FN3O3. The summed E-state index contributed by atoms with van der Waals surface area (Å²) in [5.74, 6) is 0.0387. The highest BCUT2D eigenvalue weighted by Crippen LogP contribution is 2.29. The first-order valence-corrected chi connectivity index (χ1v) is 9.86. The third-order valence-corrected chi connectivity index (χ3v) is 4.42. The zero-order chi connectivity index (χ0) is 22.1. The molecule has 0 atom stereocenters. The van der Waals surface area contributed by atoms with Crippen molar-refractivity contribution in [3.63, 3.8) is 0 Å². The molecule has 2 N–H and O–H groups in total. The molecule has 3 aromatic rings. The van der Waals surface area contributed by atoms with Gasteiger partial charge >= 0.3 is 6.03 Å². The molecular weight excluding hydrogens is 397 g/mol. The van der Waals surface area contributed by atoms with Gasteiger partial charge in [0.05, 0.1) is 5.69 Å². The van der Waals surface area contributed by atoms with E-state index >= 15 is 0 Å². The fourth-order valence-electron chi connectivity index (χ4n) is 2.88. The van der Waals surface area contributed by atoms with Gasteiger partial charge in [0.1, 0.15) is 11.6 Å². The second-order valence-corrected chi connectivity index (χ2v) is 6.93. The van der Waals surface area contributed by atoms with Crippen molar-refractivity contribution in [2.75, 3.05) is 18.9 Å². The molecule has 0 saturated carbocycles. The van der Waals surface area contributed by atoms with Crippen LogP contribution in [-0.4, -0.2) is 30.4 Å². The van der Waals surface area contributed by atoms with Crippen LogP contribution in [0.3, 0.4) is 0 Å². The summed E-state index contributed by atoms with van der Waals surface area (Å²) in [5, 5.41) is 5.50. The van der Waals surface area contributed by atoms with E-state index in [1.807, 2.05) is 30.3 Å². The fraction of sp³-hybridized carbons (Fsp3) is 0.167. The van der Waals surface area contributed by atoms with Gasteiger partial charge in [-0.2, -0.15) is 0 Å². The van der Waals surface area contributed by atoms with Crippen LogP contribution < -0.4 is 15.4 Å². The summed E-state index contributed by atoms with van der Waals surface area (Å²) >= 11 is 0. The van der Waals surface area contributed by atoms with Gasteiger partial charge in [0, 0.05) is 32.6 Å². The summed E-state index contributed by atoms with van der Waals surface area (Å²) in [6.07, 6.45) is 0.0964. The summed E-state index contributed by atoms with van der Waals surface area (Å²) in [5.41, 5.74) is 1.48. The minimum Gasteiger partial charge on any atom is -0.455 e. The third-order valence-electron chi connectivity index (χ3n) is 4.42. The van der Waals surface area contributed by atoms with Crippen LogP contribution in [-0.2, 0) is 11.3 Å². The molecule has 0 fully saturated rings. The van der Waals surface area contributed by atoms with Crippen LogP contribution in [0, 0.1) is 5.82 Å². The lowest BCUT2D eigenvalue weighted by molar-refractivity contribution is -0.116. The van der Waals surface area contributed by atoms with Crippen molar-refractivity contribution in [1.29, 1.82) is 0 Å². The van der Waals surface area contributed by atoms with Gasteiger partial charge < -0.3 is 20.3 Å². The van der Waals surface area contributed by atoms with E-state index in [1.54, 1.807) is 48.3 Å². The Morgan fingerprint density at radius 3 is 2.48 bits per heavy atom. The minimum atomic E-state index is -0.410. The topological polar surface area (TPSA) is 70.7 Å². The average molecular weight is 421 g/mol. The van der Waals surface area contributed by atoms with Gasteiger partial charge in [-0.1, -0.05) is 48.5 Å². The van der Waals surface area contributed by atoms with Crippen LogP contribution in [0.2, 0.25) is 0 Å². The van der Waals surface area contributed by atoms with Crippen LogP contribution in [0.15, 0.2) is 78.9 Å². The smallest absolute Gasteiger partial charge is 0.317 e. The Morgan fingerprint density at radius 2 is 1.71 bits per heavy atom. The highest BCUT2D eigenvalue weighted by Gasteiger charge is 2.11.